The quantitative estimate of drug-likeness (QED) is 0.597. The molecule has 0 radical (unpaired) electrons. The van der Waals surface area contributed by atoms with Crippen LogP contribution in [-0.2, 0) is 13.6 Å². The van der Waals surface area contributed by atoms with Crippen LogP contribution < -0.4 is 5.30 Å². The molecule has 0 saturated carbocycles. The second-order valence-corrected chi connectivity index (χ2v) is 5.90. The topological polar surface area (TPSA) is 52.6 Å². The van der Waals surface area contributed by atoms with E-state index >= 15 is 0 Å². The van der Waals surface area contributed by atoms with Crippen LogP contribution in [0.5, 0.6) is 0 Å². The SMILES string of the molecule is CCOP(=O)(OCC)c1ccc(C(=O)Br)cc1. The van der Waals surface area contributed by atoms with Gasteiger partial charge in [0, 0.05) is 5.56 Å². The van der Waals surface area contributed by atoms with Gasteiger partial charge in [-0.25, -0.2) is 0 Å². The largest absolute Gasteiger partial charge is 0.361 e. The van der Waals surface area contributed by atoms with E-state index in [2.05, 4.69) is 15.9 Å². The zero-order chi connectivity index (χ0) is 12.9. The Labute approximate surface area is 109 Å². The molecule has 0 bridgehead atoms. The fourth-order valence-electron chi connectivity index (χ4n) is 1.30. The van der Waals surface area contributed by atoms with Crippen LogP contribution in [0, 0.1) is 0 Å². The molecule has 0 aliphatic carbocycles. The lowest BCUT2D eigenvalue weighted by Crippen LogP contribution is -2.10. The number of carbonyl (C=O) groups is 1. The number of carbonyl (C=O) groups excluding carboxylic acids is 1. The van der Waals surface area contributed by atoms with Crippen LogP contribution in [0.25, 0.3) is 0 Å². The summed E-state index contributed by atoms with van der Waals surface area (Å²) in [5, 5.41) is 0.457. The van der Waals surface area contributed by atoms with Crippen molar-refractivity contribution in [2.24, 2.45) is 0 Å². The molecule has 0 N–H and O–H groups in total. The van der Waals surface area contributed by atoms with E-state index in [0.717, 1.165) is 0 Å². The van der Waals surface area contributed by atoms with Gasteiger partial charge >= 0.3 is 7.60 Å². The Morgan fingerprint density at radius 2 is 1.65 bits per heavy atom. The summed E-state index contributed by atoms with van der Waals surface area (Å²) in [7, 11) is -3.25. The first-order valence-corrected chi connectivity index (χ1v) is 7.56. The van der Waals surface area contributed by atoms with Gasteiger partial charge in [0.05, 0.1) is 18.5 Å². The van der Waals surface area contributed by atoms with E-state index in [0.29, 0.717) is 24.1 Å². The number of hydrogen-bond donors (Lipinski definition) is 0. The van der Waals surface area contributed by atoms with Crippen molar-refractivity contribution in [1.29, 1.82) is 0 Å². The molecule has 0 amide bonds. The van der Waals surface area contributed by atoms with E-state index in [1.165, 1.54) is 0 Å². The van der Waals surface area contributed by atoms with Crippen LogP contribution in [-0.4, -0.2) is 17.9 Å². The van der Waals surface area contributed by atoms with Gasteiger partial charge in [-0.15, -0.1) is 0 Å². The van der Waals surface area contributed by atoms with Crippen LogP contribution in [0.15, 0.2) is 24.3 Å². The summed E-state index contributed by atoms with van der Waals surface area (Å²) in [6.07, 6.45) is 0. The smallest absolute Gasteiger partial charge is 0.305 e. The molecular formula is C11H14BrO4P. The highest BCUT2D eigenvalue weighted by atomic mass is 79.9. The molecule has 0 aromatic heterocycles. The van der Waals surface area contributed by atoms with Crippen molar-refractivity contribution in [2.75, 3.05) is 13.2 Å². The summed E-state index contributed by atoms with van der Waals surface area (Å²) >= 11 is 2.85. The van der Waals surface area contributed by atoms with Gasteiger partial charge in [0.2, 0.25) is 4.69 Å². The van der Waals surface area contributed by atoms with Gasteiger partial charge in [-0.1, -0.05) is 0 Å². The number of halogens is 1. The summed E-state index contributed by atoms with van der Waals surface area (Å²) in [4.78, 5) is 11.0. The lowest BCUT2D eigenvalue weighted by Gasteiger charge is -2.17. The average Bonchev–Trinajstić information content (AvgIpc) is 2.30. The molecule has 0 saturated heterocycles. The summed E-state index contributed by atoms with van der Waals surface area (Å²) < 4.78 is 22.5. The summed E-state index contributed by atoms with van der Waals surface area (Å²) in [6.45, 7) is 4.11. The van der Waals surface area contributed by atoms with Crippen LogP contribution in [0.4, 0.5) is 0 Å². The van der Waals surface area contributed by atoms with E-state index in [9.17, 15) is 9.36 Å². The van der Waals surface area contributed by atoms with Crippen molar-refractivity contribution >= 4 is 33.5 Å². The van der Waals surface area contributed by atoms with Crippen LogP contribution in [0.2, 0.25) is 0 Å². The second kappa shape index (κ2) is 6.45. The lowest BCUT2D eigenvalue weighted by molar-refractivity contribution is 0.109. The monoisotopic (exact) mass is 320 g/mol. The Kier molecular flexibility index (Phi) is 5.53. The third kappa shape index (κ3) is 3.75. The number of hydrogen-bond acceptors (Lipinski definition) is 4. The van der Waals surface area contributed by atoms with Gasteiger partial charge in [0.25, 0.3) is 0 Å². The first-order chi connectivity index (χ1) is 8.03. The zero-order valence-electron chi connectivity index (χ0n) is 9.68. The number of rotatable bonds is 6. The van der Waals surface area contributed by atoms with Crippen molar-refractivity contribution in [3.05, 3.63) is 29.8 Å². The molecule has 6 heteroatoms. The van der Waals surface area contributed by atoms with E-state index in [-0.39, 0.29) is 4.69 Å². The molecule has 0 atom stereocenters. The molecule has 0 spiro atoms. The summed E-state index contributed by atoms with van der Waals surface area (Å²) in [6, 6.07) is 6.33. The Morgan fingerprint density at radius 3 is 2.00 bits per heavy atom. The third-order valence-corrected chi connectivity index (χ3v) is 4.59. The standard InChI is InChI=1S/C11H14BrO4P/c1-3-15-17(14,16-4-2)10-7-5-9(6-8-10)11(12)13/h5-8H,3-4H2,1-2H3. The van der Waals surface area contributed by atoms with E-state index in [1.54, 1.807) is 38.1 Å². The molecule has 0 heterocycles. The minimum atomic E-state index is -3.25. The molecule has 0 unspecified atom stereocenters. The van der Waals surface area contributed by atoms with E-state index < -0.39 is 7.60 Å². The predicted octanol–water partition coefficient (Wildman–Crippen LogP) is 3.11. The van der Waals surface area contributed by atoms with Crippen LogP contribution >= 0.6 is 23.5 Å². The molecule has 0 aliphatic heterocycles. The minimum absolute atomic E-state index is 0.216. The van der Waals surface area contributed by atoms with Crippen molar-refractivity contribution in [1.82, 2.24) is 0 Å². The molecule has 94 valence electrons. The van der Waals surface area contributed by atoms with Crippen molar-refractivity contribution in [2.45, 2.75) is 13.8 Å². The molecule has 17 heavy (non-hydrogen) atoms. The fraction of sp³-hybridized carbons (Fsp3) is 0.364. The first kappa shape index (κ1) is 14.6. The Morgan fingerprint density at radius 1 is 1.18 bits per heavy atom. The third-order valence-electron chi connectivity index (χ3n) is 2.01. The van der Waals surface area contributed by atoms with Gasteiger partial charge < -0.3 is 9.05 Å². The molecule has 0 aliphatic rings. The zero-order valence-corrected chi connectivity index (χ0v) is 12.2. The maximum Gasteiger partial charge on any atom is 0.361 e. The highest BCUT2D eigenvalue weighted by Gasteiger charge is 2.26. The van der Waals surface area contributed by atoms with Gasteiger partial charge in [-0.2, -0.15) is 0 Å². The van der Waals surface area contributed by atoms with E-state index in [1.807, 2.05) is 0 Å². The molecule has 1 rings (SSSR count). The highest BCUT2D eigenvalue weighted by molar-refractivity contribution is 9.18. The predicted molar refractivity (Wildman–Crippen MR) is 70.2 cm³/mol. The van der Waals surface area contributed by atoms with Gasteiger partial charge in [-0.3, -0.25) is 9.36 Å². The summed E-state index contributed by atoms with van der Waals surface area (Å²) in [5.74, 6) is 0. The van der Waals surface area contributed by atoms with Crippen LogP contribution in [0.3, 0.4) is 0 Å². The van der Waals surface area contributed by atoms with Crippen LogP contribution in [0.1, 0.15) is 24.2 Å². The average molecular weight is 321 g/mol. The fourth-order valence-corrected chi connectivity index (χ4v) is 3.13. The van der Waals surface area contributed by atoms with Gasteiger partial charge in [-0.05, 0) is 54.0 Å². The molecule has 0 fully saturated rings. The first-order valence-electron chi connectivity index (χ1n) is 5.23. The van der Waals surface area contributed by atoms with Crippen molar-refractivity contribution in [3.63, 3.8) is 0 Å². The maximum absolute atomic E-state index is 12.4. The number of benzene rings is 1. The highest BCUT2D eigenvalue weighted by Crippen LogP contribution is 2.46. The lowest BCUT2D eigenvalue weighted by atomic mass is 10.2. The second-order valence-electron chi connectivity index (χ2n) is 3.15. The Bertz CT molecular complexity index is 420. The molecule has 1 aromatic rings. The molecule has 4 nitrogen and oxygen atoms in total. The molecule has 1 aromatic carbocycles. The van der Waals surface area contributed by atoms with Gasteiger partial charge in [0.15, 0.2) is 0 Å². The van der Waals surface area contributed by atoms with Crippen molar-refractivity contribution in [3.8, 4) is 0 Å². The normalized spacial score (nSPS) is 11.5. The Balaban J connectivity index is 3.03. The van der Waals surface area contributed by atoms with Crippen molar-refractivity contribution < 1.29 is 18.4 Å². The van der Waals surface area contributed by atoms with E-state index in [4.69, 9.17) is 9.05 Å². The molecular weight excluding hydrogens is 307 g/mol. The Hall–Kier alpha value is -0.480. The van der Waals surface area contributed by atoms with Gasteiger partial charge in [0.1, 0.15) is 0 Å². The minimum Gasteiger partial charge on any atom is -0.305 e. The summed E-state index contributed by atoms with van der Waals surface area (Å²) in [5.41, 5.74) is 0.494. The maximum atomic E-state index is 12.4.